The van der Waals surface area contributed by atoms with Gasteiger partial charge in [-0.3, -0.25) is 4.79 Å². The second-order valence-corrected chi connectivity index (χ2v) is 11.6. The van der Waals surface area contributed by atoms with Crippen molar-refractivity contribution in [3.8, 4) is 11.5 Å². The number of benzene rings is 2. The molecule has 2 saturated heterocycles. The van der Waals surface area contributed by atoms with Crippen LogP contribution < -0.4 is 20.7 Å². The van der Waals surface area contributed by atoms with Crippen LogP contribution in [-0.2, 0) is 14.6 Å². The highest BCUT2D eigenvalue weighted by Gasteiger charge is 2.42. The maximum Gasteiger partial charge on any atom is 0.315 e. The monoisotopic (exact) mass is 489 g/mol. The summed E-state index contributed by atoms with van der Waals surface area (Å²) in [7, 11) is -3.24. The molecule has 2 aromatic rings. The number of thioether (sulfide) groups is 1. The third kappa shape index (κ3) is 6.20. The zero-order valence-electron chi connectivity index (χ0n) is 18.2. The second kappa shape index (κ2) is 10.0. The van der Waals surface area contributed by atoms with Gasteiger partial charge in [-0.25, -0.2) is 13.2 Å². The van der Waals surface area contributed by atoms with Crippen molar-refractivity contribution >= 4 is 39.2 Å². The summed E-state index contributed by atoms with van der Waals surface area (Å²) in [5, 5.41) is 9.24. The Morgan fingerprint density at radius 2 is 1.73 bits per heavy atom. The molecule has 2 aliphatic rings. The van der Waals surface area contributed by atoms with Gasteiger partial charge in [-0.15, -0.1) is 0 Å². The molecule has 4 rings (SSSR count). The number of rotatable bonds is 9. The number of anilines is 1. The Labute approximate surface area is 197 Å². The highest BCUT2D eigenvalue weighted by Crippen LogP contribution is 2.33. The SMILES string of the molecule is CS(=O)(=O)c1ccc(Oc2ccc(NC(=O)CCCCC3SCC4NC(=O)NC43)cc2)cc1. The van der Waals surface area contributed by atoms with E-state index in [1.54, 1.807) is 36.4 Å². The van der Waals surface area contributed by atoms with Crippen molar-refractivity contribution < 1.29 is 22.7 Å². The van der Waals surface area contributed by atoms with E-state index in [4.69, 9.17) is 4.74 Å². The summed E-state index contributed by atoms with van der Waals surface area (Å²) in [5.41, 5.74) is 0.689. The number of carbonyl (C=O) groups is 2. The van der Waals surface area contributed by atoms with Crippen LogP contribution in [0.4, 0.5) is 10.5 Å². The summed E-state index contributed by atoms with van der Waals surface area (Å²) in [6.45, 7) is 0. The molecule has 0 radical (unpaired) electrons. The van der Waals surface area contributed by atoms with Crippen molar-refractivity contribution in [1.29, 1.82) is 0 Å². The number of fused-ring (bicyclic) bond motifs is 1. The van der Waals surface area contributed by atoms with Gasteiger partial charge in [-0.2, -0.15) is 11.8 Å². The van der Waals surface area contributed by atoms with Gasteiger partial charge >= 0.3 is 6.03 Å². The molecule has 0 bridgehead atoms. The van der Waals surface area contributed by atoms with E-state index >= 15 is 0 Å². The van der Waals surface area contributed by atoms with E-state index in [1.807, 2.05) is 11.8 Å². The van der Waals surface area contributed by atoms with Crippen LogP contribution in [0.2, 0.25) is 0 Å². The van der Waals surface area contributed by atoms with Crippen LogP contribution in [0.1, 0.15) is 25.7 Å². The molecule has 3 N–H and O–H groups in total. The highest BCUT2D eigenvalue weighted by atomic mass is 32.2. The Morgan fingerprint density at radius 3 is 2.39 bits per heavy atom. The summed E-state index contributed by atoms with van der Waals surface area (Å²) >= 11 is 1.88. The molecule has 2 fully saturated rings. The van der Waals surface area contributed by atoms with Crippen molar-refractivity contribution in [3.05, 3.63) is 48.5 Å². The molecule has 3 amide bonds. The fourth-order valence-corrected chi connectivity index (χ4v) is 6.17. The van der Waals surface area contributed by atoms with Crippen molar-refractivity contribution in [2.45, 2.75) is 47.9 Å². The lowest BCUT2D eigenvalue weighted by Gasteiger charge is -2.16. The molecular weight excluding hydrogens is 462 g/mol. The first-order valence-corrected chi connectivity index (χ1v) is 13.8. The lowest BCUT2D eigenvalue weighted by atomic mass is 10.0. The molecule has 0 saturated carbocycles. The van der Waals surface area contributed by atoms with Crippen LogP contribution in [0.15, 0.2) is 53.4 Å². The molecule has 0 aliphatic carbocycles. The van der Waals surface area contributed by atoms with E-state index in [1.165, 1.54) is 12.1 Å². The van der Waals surface area contributed by atoms with Gasteiger partial charge in [0.15, 0.2) is 9.84 Å². The van der Waals surface area contributed by atoms with E-state index in [2.05, 4.69) is 16.0 Å². The van der Waals surface area contributed by atoms with E-state index < -0.39 is 9.84 Å². The smallest absolute Gasteiger partial charge is 0.315 e. The second-order valence-electron chi connectivity index (χ2n) is 8.29. The zero-order valence-corrected chi connectivity index (χ0v) is 19.9. The normalized spacial score (nSPS) is 21.7. The fraction of sp³-hybridized carbons (Fsp3) is 0.391. The zero-order chi connectivity index (χ0) is 23.4. The molecule has 176 valence electrons. The highest BCUT2D eigenvalue weighted by molar-refractivity contribution is 8.00. The number of sulfone groups is 1. The first kappa shape index (κ1) is 23.4. The summed E-state index contributed by atoms with van der Waals surface area (Å²) < 4.78 is 28.8. The van der Waals surface area contributed by atoms with Crippen LogP contribution >= 0.6 is 11.8 Å². The lowest BCUT2D eigenvalue weighted by Crippen LogP contribution is -2.36. The third-order valence-electron chi connectivity index (χ3n) is 5.71. The van der Waals surface area contributed by atoms with Crippen molar-refractivity contribution in [1.82, 2.24) is 10.6 Å². The molecule has 3 atom stereocenters. The van der Waals surface area contributed by atoms with Gasteiger partial charge < -0.3 is 20.7 Å². The third-order valence-corrected chi connectivity index (χ3v) is 8.34. The van der Waals surface area contributed by atoms with Gasteiger partial charge in [-0.1, -0.05) is 6.42 Å². The lowest BCUT2D eigenvalue weighted by molar-refractivity contribution is -0.116. The molecular formula is C23H27N3O5S2. The predicted octanol–water partition coefficient (Wildman–Crippen LogP) is 3.55. The number of carbonyl (C=O) groups excluding carboxylic acids is 2. The minimum Gasteiger partial charge on any atom is -0.457 e. The maximum absolute atomic E-state index is 12.3. The van der Waals surface area contributed by atoms with Gasteiger partial charge in [0.05, 0.1) is 17.0 Å². The summed E-state index contributed by atoms with van der Waals surface area (Å²) in [5.74, 6) is 2.02. The number of nitrogens with one attached hydrogen (secondary N) is 3. The number of hydrogen-bond acceptors (Lipinski definition) is 6. The standard InChI is InChI=1S/C23H27N3O5S2/c1-33(29,30)18-12-10-17(11-13-18)31-16-8-6-15(7-9-16)24-21(27)5-3-2-4-20-22-19(14-32-20)25-23(28)26-22/h6-13,19-20,22H,2-5,14H2,1H3,(H,24,27)(H2,25,26,28). The largest absolute Gasteiger partial charge is 0.457 e. The molecule has 8 nitrogen and oxygen atoms in total. The number of urea groups is 1. The predicted molar refractivity (Wildman–Crippen MR) is 129 cm³/mol. The van der Waals surface area contributed by atoms with Crippen molar-refractivity contribution in [2.75, 3.05) is 17.3 Å². The number of unbranched alkanes of at least 4 members (excludes halogenated alkanes) is 1. The molecule has 33 heavy (non-hydrogen) atoms. The Morgan fingerprint density at radius 1 is 1.06 bits per heavy atom. The maximum atomic E-state index is 12.3. The number of hydrogen-bond donors (Lipinski definition) is 3. The van der Waals surface area contributed by atoms with E-state index in [0.717, 1.165) is 31.3 Å². The van der Waals surface area contributed by atoms with E-state index in [-0.39, 0.29) is 28.9 Å². The topological polar surface area (TPSA) is 114 Å². The van der Waals surface area contributed by atoms with Crippen LogP contribution in [0.5, 0.6) is 11.5 Å². The number of ether oxygens (including phenoxy) is 1. The molecule has 2 aliphatic heterocycles. The van der Waals surface area contributed by atoms with E-state index in [0.29, 0.717) is 28.9 Å². The van der Waals surface area contributed by atoms with Crippen LogP contribution in [0, 0.1) is 0 Å². The Kier molecular flexibility index (Phi) is 7.14. The first-order chi connectivity index (χ1) is 15.8. The molecule has 0 spiro atoms. The van der Waals surface area contributed by atoms with Crippen LogP contribution in [0.25, 0.3) is 0 Å². The minimum atomic E-state index is -3.24. The average molecular weight is 490 g/mol. The molecule has 0 aromatic heterocycles. The van der Waals surface area contributed by atoms with Gasteiger partial charge in [0.25, 0.3) is 0 Å². The summed E-state index contributed by atoms with van der Waals surface area (Å²) in [6.07, 6.45) is 4.33. The minimum absolute atomic E-state index is 0.0344. The van der Waals surface area contributed by atoms with Gasteiger partial charge in [-0.05, 0) is 61.4 Å². The fourth-order valence-electron chi connectivity index (χ4n) is 3.99. The van der Waals surface area contributed by atoms with Gasteiger partial charge in [0.2, 0.25) is 5.91 Å². The van der Waals surface area contributed by atoms with Gasteiger partial charge in [0, 0.05) is 29.4 Å². The van der Waals surface area contributed by atoms with Crippen LogP contribution in [0.3, 0.4) is 0 Å². The quantitative estimate of drug-likeness (QED) is 0.367. The van der Waals surface area contributed by atoms with Gasteiger partial charge in [0.1, 0.15) is 11.5 Å². The Bertz CT molecular complexity index is 1100. The van der Waals surface area contributed by atoms with Crippen molar-refractivity contribution in [2.24, 2.45) is 0 Å². The Balaban J connectivity index is 1.18. The van der Waals surface area contributed by atoms with Crippen molar-refractivity contribution in [3.63, 3.8) is 0 Å². The molecule has 3 unspecified atom stereocenters. The molecule has 2 heterocycles. The number of amides is 3. The molecule has 10 heteroatoms. The average Bonchev–Trinajstić information content (AvgIpc) is 3.32. The summed E-state index contributed by atoms with van der Waals surface area (Å²) in [6, 6.07) is 13.6. The van der Waals surface area contributed by atoms with E-state index in [9.17, 15) is 18.0 Å². The molecule has 2 aromatic carbocycles. The first-order valence-electron chi connectivity index (χ1n) is 10.8. The Hall–Kier alpha value is -2.72. The van der Waals surface area contributed by atoms with Crippen LogP contribution in [-0.4, -0.2) is 49.7 Å². The summed E-state index contributed by atoms with van der Waals surface area (Å²) in [4.78, 5) is 23.9.